The monoisotopic (exact) mass is 211 g/mol. The number of hydrogen-bond acceptors (Lipinski definition) is 1. The van der Waals surface area contributed by atoms with Gasteiger partial charge < -0.3 is 5.73 Å². The van der Waals surface area contributed by atoms with Gasteiger partial charge >= 0.3 is 0 Å². The molecule has 1 aromatic carbocycles. The molecule has 3 heteroatoms. The maximum atomic E-state index is 13.6. The van der Waals surface area contributed by atoms with E-state index in [1.165, 1.54) is 12.1 Å². The van der Waals surface area contributed by atoms with Gasteiger partial charge in [-0.05, 0) is 31.4 Å². The van der Waals surface area contributed by atoms with Crippen LogP contribution >= 0.6 is 0 Å². The highest BCUT2D eigenvalue weighted by atomic mass is 19.1. The molecule has 2 N–H and O–H groups in total. The highest BCUT2D eigenvalue weighted by molar-refractivity contribution is 5.29. The SMILES string of the molecule is C=CCCC(N)c1c(F)ccc(C)c1F. The molecule has 0 aliphatic heterocycles. The highest BCUT2D eigenvalue weighted by Crippen LogP contribution is 2.24. The zero-order valence-electron chi connectivity index (χ0n) is 8.76. The molecule has 0 spiro atoms. The minimum atomic E-state index is -0.608. The summed E-state index contributed by atoms with van der Waals surface area (Å²) in [4.78, 5) is 0. The zero-order valence-corrected chi connectivity index (χ0v) is 8.76. The lowest BCUT2D eigenvalue weighted by Gasteiger charge is -2.14. The van der Waals surface area contributed by atoms with Gasteiger partial charge in [-0.2, -0.15) is 0 Å². The van der Waals surface area contributed by atoms with Gasteiger partial charge in [0.25, 0.3) is 0 Å². The number of hydrogen-bond donors (Lipinski definition) is 1. The molecule has 0 aliphatic rings. The molecule has 0 aromatic heterocycles. The lowest BCUT2D eigenvalue weighted by atomic mass is 9.99. The van der Waals surface area contributed by atoms with Gasteiger partial charge in [-0.1, -0.05) is 12.1 Å². The van der Waals surface area contributed by atoms with Crippen LogP contribution in [0.15, 0.2) is 24.8 Å². The van der Waals surface area contributed by atoms with Crippen molar-refractivity contribution in [3.63, 3.8) is 0 Å². The summed E-state index contributed by atoms with van der Waals surface area (Å²) in [6.07, 6.45) is 2.83. The van der Waals surface area contributed by atoms with Crippen LogP contribution in [0.3, 0.4) is 0 Å². The van der Waals surface area contributed by atoms with Gasteiger partial charge in [0.1, 0.15) is 11.6 Å². The van der Waals surface area contributed by atoms with Gasteiger partial charge in [-0.3, -0.25) is 0 Å². The van der Waals surface area contributed by atoms with E-state index in [4.69, 9.17) is 5.73 Å². The van der Waals surface area contributed by atoms with E-state index in [2.05, 4.69) is 6.58 Å². The first-order chi connectivity index (χ1) is 7.07. The fraction of sp³-hybridized carbons (Fsp3) is 0.333. The maximum absolute atomic E-state index is 13.6. The molecule has 0 aliphatic carbocycles. The Morgan fingerprint density at radius 1 is 1.47 bits per heavy atom. The third-order valence-electron chi connectivity index (χ3n) is 2.37. The lowest BCUT2D eigenvalue weighted by Crippen LogP contribution is -2.14. The number of halogens is 2. The van der Waals surface area contributed by atoms with Crippen LogP contribution in [0, 0.1) is 18.6 Å². The van der Waals surface area contributed by atoms with Gasteiger partial charge in [0.05, 0.1) is 0 Å². The Labute approximate surface area is 88.6 Å². The van der Waals surface area contributed by atoms with E-state index in [1.54, 1.807) is 13.0 Å². The summed E-state index contributed by atoms with van der Waals surface area (Å²) in [5.74, 6) is -1.11. The molecular formula is C12H15F2N. The predicted octanol–water partition coefficient (Wildman–Crippen LogP) is 3.24. The molecule has 15 heavy (non-hydrogen) atoms. The molecule has 1 rings (SSSR count). The quantitative estimate of drug-likeness (QED) is 0.760. The molecule has 0 amide bonds. The van der Waals surface area contributed by atoms with Gasteiger partial charge in [0.15, 0.2) is 0 Å². The van der Waals surface area contributed by atoms with Crippen LogP contribution < -0.4 is 5.73 Å². The van der Waals surface area contributed by atoms with E-state index in [9.17, 15) is 8.78 Å². The Hall–Kier alpha value is -1.22. The second kappa shape index (κ2) is 5.03. The third-order valence-corrected chi connectivity index (χ3v) is 2.37. The standard InChI is InChI=1S/C12H15F2N/c1-3-4-5-10(15)11-9(13)7-6-8(2)12(11)14/h3,6-7,10H,1,4-5,15H2,2H3. The van der Waals surface area contributed by atoms with E-state index in [0.29, 0.717) is 18.4 Å². The average Bonchev–Trinajstić information content (AvgIpc) is 2.21. The van der Waals surface area contributed by atoms with Crippen molar-refractivity contribution in [2.75, 3.05) is 0 Å². The van der Waals surface area contributed by atoms with E-state index in [0.717, 1.165) is 0 Å². The first kappa shape index (κ1) is 11.9. The molecule has 0 bridgehead atoms. The van der Waals surface area contributed by atoms with Crippen molar-refractivity contribution in [3.8, 4) is 0 Å². The molecular weight excluding hydrogens is 196 g/mol. The number of benzene rings is 1. The molecule has 0 heterocycles. The van der Waals surface area contributed by atoms with Crippen molar-refractivity contribution < 1.29 is 8.78 Å². The number of aryl methyl sites for hydroxylation is 1. The number of allylic oxidation sites excluding steroid dienone is 1. The summed E-state index contributed by atoms with van der Waals surface area (Å²) in [5.41, 5.74) is 6.12. The van der Waals surface area contributed by atoms with Crippen molar-refractivity contribution in [3.05, 3.63) is 47.5 Å². The van der Waals surface area contributed by atoms with Gasteiger partial charge in [-0.15, -0.1) is 6.58 Å². The summed E-state index contributed by atoms with van der Waals surface area (Å²) >= 11 is 0. The Morgan fingerprint density at radius 2 is 2.13 bits per heavy atom. The predicted molar refractivity (Wildman–Crippen MR) is 57.5 cm³/mol. The van der Waals surface area contributed by atoms with E-state index in [-0.39, 0.29) is 5.56 Å². The molecule has 1 aromatic rings. The molecule has 1 nitrogen and oxygen atoms in total. The normalized spacial score (nSPS) is 12.5. The molecule has 1 unspecified atom stereocenters. The van der Waals surface area contributed by atoms with Crippen LogP contribution in [0.25, 0.3) is 0 Å². The maximum Gasteiger partial charge on any atom is 0.133 e. The Bertz CT molecular complexity index is 361. The van der Waals surface area contributed by atoms with Crippen molar-refractivity contribution >= 4 is 0 Å². The first-order valence-corrected chi connectivity index (χ1v) is 4.89. The van der Waals surface area contributed by atoms with Gasteiger partial charge in [0, 0.05) is 11.6 Å². The van der Waals surface area contributed by atoms with Crippen LogP contribution in [0.5, 0.6) is 0 Å². The smallest absolute Gasteiger partial charge is 0.133 e. The number of rotatable bonds is 4. The van der Waals surface area contributed by atoms with Crippen LogP contribution in [0.1, 0.15) is 30.0 Å². The molecule has 1 atom stereocenters. The lowest BCUT2D eigenvalue weighted by molar-refractivity contribution is 0.510. The molecule has 0 radical (unpaired) electrons. The minimum Gasteiger partial charge on any atom is -0.324 e. The van der Waals surface area contributed by atoms with Crippen molar-refractivity contribution in [2.45, 2.75) is 25.8 Å². The minimum absolute atomic E-state index is 0.0168. The van der Waals surface area contributed by atoms with Crippen LogP contribution in [0.2, 0.25) is 0 Å². The summed E-state index contributed by atoms with van der Waals surface area (Å²) < 4.78 is 27.0. The van der Waals surface area contributed by atoms with E-state index >= 15 is 0 Å². The summed E-state index contributed by atoms with van der Waals surface area (Å²) in [5, 5.41) is 0. The van der Waals surface area contributed by atoms with Crippen LogP contribution in [0.4, 0.5) is 8.78 Å². The Kier molecular flexibility index (Phi) is 3.97. The first-order valence-electron chi connectivity index (χ1n) is 4.89. The molecule has 0 saturated heterocycles. The largest absolute Gasteiger partial charge is 0.324 e. The molecule has 0 fully saturated rings. The molecule has 82 valence electrons. The van der Waals surface area contributed by atoms with Crippen molar-refractivity contribution in [1.82, 2.24) is 0 Å². The van der Waals surface area contributed by atoms with Crippen LogP contribution in [-0.4, -0.2) is 0 Å². The number of nitrogens with two attached hydrogens (primary N) is 1. The highest BCUT2D eigenvalue weighted by Gasteiger charge is 2.17. The summed E-state index contributed by atoms with van der Waals surface area (Å²) in [6, 6.07) is 2.05. The van der Waals surface area contributed by atoms with Crippen LogP contribution in [-0.2, 0) is 0 Å². The fourth-order valence-electron chi connectivity index (χ4n) is 1.46. The van der Waals surface area contributed by atoms with Gasteiger partial charge in [-0.25, -0.2) is 8.78 Å². The summed E-state index contributed by atoms with van der Waals surface area (Å²) in [7, 11) is 0. The van der Waals surface area contributed by atoms with Crippen molar-refractivity contribution in [1.29, 1.82) is 0 Å². The third kappa shape index (κ3) is 2.63. The second-order valence-corrected chi connectivity index (χ2v) is 3.56. The second-order valence-electron chi connectivity index (χ2n) is 3.56. The fourth-order valence-corrected chi connectivity index (χ4v) is 1.46. The Balaban J connectivity index is 3.01. The molecule has 0 saturated carbocycles. The van der Waals surface area contributed by atoms with Crippen molar-refractivity contribution in [2.24, 2.45) is 5.73 Å². The van der Waals surface area contributed by atoms with Gasteiger partial charge in [0.2, 0.25) is 0 Å². The zero-order chi connectivity index (χ0) is 11.4. The Morgan fingerprint density at radius 3 is 2.73 bits per heavy atom. The topological polar surface area (TPSA) is 26.0 Å². The van der Waals surface area contributed by atoms with E-state index < -0.39 is 17.7 Å². The summed E-state index contributed by atoms with van der Waals surface area (Å²) in [6.45, 7) is 5.14. The van der Waals surface area contributed by atoms with E-state index in [1.807, 2.05) is 0 Å². The average molecular weight is 211 g/mol.